The van der Waals surface area contributed by atoms with Crippen molar-refractivity contribution in [2.24, 2.45) is 10.8 Å². The van der Waals surface area contributed by atoms with Gasteiger partial charge in [-0.2, -0.15) is 5.10 Å². The van der Waals surface area contributed by atoms with Gasteiger partial charge in [0.15, 0.2) is 0 Å². The quantitative estimate of drug-likeness (QED) is 0.630. The molecule has 0 aliphatic carbocycles. The van der Waals surface area contributed by atoms with Crippen LogP contribution < -0.4 is 11.2 Å². The first-order valence-electron chi connectivity index (χ1n) is 3.63. The van der Waals surface area contributed by atoms with E-state index in [4.69, 9.17) is 17.3 Å². The van der Waals surface area contributed by atoms with Gasteiger partial charge in [0.05, 0.1) is 6.21 Å². The minimum Gasteiger partial charge on any atom is -0.350 e. The Bertz CT molecular complexity index is 381. The Balaban J connectivity index is 2.80. The average Bonchev–Trinajstić information content (AvgIpc) is 2.10. The van der Waals surface area contributed by atoms with Crippen molar-refractivity contribution in [2.45, 2.75) is 0 Å². The number of carbonyl (C=O) groups is 1. The molecule has 0 aliphatic rings. The molecular formula is C8H7BrClN3O. The Hall–Kier alpha value is -1.07. The molecule has 3 N–H and O–H groups in total. The molecule has 0 heterocycles. The number of carbonyl (C=O) groups excluding carboxylic acids is 1. The summed E-state index contributed by atoms with van der Waals surface area (Å²) >= 11 is 9.14. The highest BCUT2D eigenvalue weighted by Gasteiger charge is 1.97. The zero-order valence-electron chi connectivity index (χ0n) is 7.00. The lowest BCUT2D eigenvalue weighted by Crippen LogP contribution is -2.24. The summed E-state index contributed by atoms with van der Waals surface area (Å²) in [6.45, 7) is 0. The number of hydrazone groups is 1. The Morgan fingerprint density at radius 2 is 2.36 bits per heavy atom. The van der Waals surface area contributed by atoms with Crippen molar-refractivity contribution in [3.05, 3.63) is 33.3 Å². The third-order valence-electron chi connectivity index (χ3n) is 1.34. The second kappa shape index (κ2) is 4.97. The van der Waals surface area contributed by atoms with Gasteiger partial charge < -0.3 is 5.73 Å². The van der Waals surface area contributed by atoms with Crippen molar-refractivity contribution in [3.63, 3.8) is 0 Å². The van der Waals surface area contributed by atoms with E-state index in [1.807, 2.05) is 0 Å². The fourth-order valence-corrected chi connectivity index (χ4v) is 1.32. The molecule has 0 saturated carbocycles. The monoisotopic (exact) mass is 275 g/mol. The molecule has 1 aromatic rings. The van der Waals surface area contributed by atoms with Crippen molar-refractivity contribution in [1.82, 2.24) is 5.43 Å². The van der Waals surface area contributed by atoms with Crippen LogP contribution in [-0.4, -0.2) is 12.2 Å². The number of urea groups is 1. The Kier molecular flexibility index (Phi) is 3.91. The molecule has 0 spiro atoms. The normalized spacial score (nSPS) is 10.4. The van der Waals surface area contributed by atoms with E-state index in [0.29, 0.717) is 10.6 Å². The van der Waals surface area contributed by atoms with Crippen LogP contribution in [-0.2, 0) is 0 Å². The lowest BCUT2D eigenvalue weighted by Gasteiger charge is -1.98. The number of nitrogens with two attached hydrogens (primary N) is 1. The summed E-state index contributed by atoms with van der Waals surface area (Å²) in [6.07, 6.45) is 1.41. The molecule has 4 nitrogen and oxygen atoms in total. The molecule has 1 aromatic carbocycles. The molecule has 0 atom stereocenters. The predicted octanol–water partition coefficient (Wildman–Crippen LogP) is 2.10. The molecule has 0 bridgehead atoms. The fraction of sp³-hybridized carbons (Fsp3) is 0. The smallest absolute Gasteiger partial charge is 0.332 e. The van der Waals surface area contributed by atoms with Crippen LogP contribution in [0.5, 0.6) is 0 Å². The van der Waals surface area contributed by atoms with Crippen LogP contribution in [0, 0.1) is 0 Å². The van der Waals surface area contributed by atoms with Gasteiger partial charge in [-0.3, -0.25) is 0 Å². The lowest BCUT2D eigenvalue weighted by molar-refractivity contribution is 0.249. The largest absolute Gasteiger partial charge is 0.350 e. The van der Waals surface area contributed by atoms with Crippen molar-refractivity contribution >= 4 is 39.8 Å². The fourth-order valence-electron chi connectivity index (χ4n) is 0.779. The highest BCUT2D eigenvalue weighted by molar-refractivity contribution is 9.10. The first-order chi connectivity index (χ1) is 6.59. The summed E-state index contributed by atoms with van der Waals surface area (Å²) in [4.78, 5) is 10.3. The minimum atomic E-state index is -0.715. The van der Waals surface area contributed by atoms with Crippen molar-refractivity contribution in [3.8, 4) is 0 Å². The molecule has 74 valence electrons. The third kappa shape index (κ3) is 3.35. The maximum absolute atomic E-state index is 10.3. The second-order valence-electron chi connectivity index (χ2n) is 2.40. The van der Waals surface area contributed by atoms with E-state index in [9.17, 15) is 4.79 Å². The van der Waals surface area contributed by atoms with E-state index < -0.39 is 6.03 Å². The summed E-state index contributed by atoms with van der Waals surface area (Å²) in [7, 11) is 0. The third-order valence-corrected chi connectivity index (χ3v) is 2.17. The van der Waals surface area contributed by atoms with E-state index in [-0.39, 0.29) is 0 Å². The van der Waals surface area contributed by atoms with E-state index in [1.165, 1.54) is 6.21 Å². The van der Waals surface area contributed by atoms with Crippen molar-refractivity contribution in [2.75, 3.05) is 0 Å². The van der Waals surface area contributed by atoms with Crippen LogP contribution in [0.4, 0.5) is 4.79 Å². The van der Waals surface area contributed by atoms with Crippen LogP contribution >= 0.6 is 27.5 Å². The summed E-state index contributed by atoms with van der Waals surface area (Å²) in [6, 6.07) is 4.58. The van der Waals surface area contributed by atoms with Gasteiger partial charge in [-0.15, -0.1) is 0 Å². The second-order valence-corrected chi connectivity index (χ2v) is 3.72. The van der Waals surface area contributed by atoms with Crippen LogP contribution in [0.1, 0.15) is 5.56 Å². The molecule has 0 radical (unpaired) electrons. The highest BCUT2D eigenvalue weighted by Crippen LogP contribution is 2.19. The first-order valence-corrected chi connectivity index (χ1v) is 4.80. The van der Waals surface area contributed by atoms with Gasteiger partial charge in [-0.05, 0) is 18.2 Å². The number of nitrogens with one attached hydrogen (secondary N) is 1. The maximum Gasteiger partial charge on any atom is 0.332 e. The lowest BCUT2D eigenvalue weighted by atomic mass is 10.2. The molecule has 0 aliphatic heterocycles. The van der Waals surface area contributed by atoms with Gasteiger partial charge in [0.2, 0.25) is 0 Å². The average molecular weight is 277 g/mol. The Morgan fingerprint density at radius 3 is 3.00 bits per heavy atom. The molecule has 2 amide bonds. The van der Waals surface area contributed by atoms with E-state index >= 15 is 0 Å². The van der Waals surface area contributed by atoms with Gasteiger partial charge >= 0.3 is 6.03 Å². The van der Waals surface area contributed by atoms with Gasteiger partial charge in [0.25, 0.3) is 0 Å². The predicted molar refractivity (Wildman–Crippen MR) is 59.5 cm³/mol. The van der Waals surface area contributed by atoms with E-state index in [0.717, 1.165) is 4.47 Å². The number of primary amides is 1. The maximum atomic E-state index is 10.3. The zero-order valence-corrected chi connectivity index (χ0v) is 9.34. The molecular weight excluding hydrogens is 269 g/mol. The SMILES string of the molecule is NC(=O)N/N=C/c1cc(Br)ccc1Cl. The molecule has 0 saturated heterocycles. The van der Waals surface area contributed by atoms with Gasteiger partial charge in [0.1, 0.15) is 0 Å². The standard InChI is InChI=1S/C8H7BrClN3O/c9-6-1-2-7(10)5(3-6)4-12-13-8(11)14/h1-4H,(H3,11,13,14)/b12-4+. The number of halogens is 2. The van der Waals surface area contributed by atoms with Crippen LogP contribution in [0.3, 0.4) is 0 Å². The van der Waals surface area contributed by atoms with Crippen LogP contribution in [0.2, 0.25) is 5.02 Å². The number of hydrogen-bond acceptors (Lipinski definition) is 2. The minimum absolute atomic E-state index is 0.545. The summed E-state index contributed by atoms with van der Waals surface area (Å²) in [5, 5.41) is 4.13. The number of nitrogens with zero attached hydrogens (tertiary/aromatic N) is 1. The summed E-state index contributed by atoms with van der Waals surface area (Å²) in [5.74, 6) is 0. The van der Waals surface area contributed by atoms with Gasteiger partial charge in [-0.1, -0.05) is 27.5 Å². The van der Waals surface area contributed by atoms with Gasteiger partial charge in [0, 0.05) is 15.1 Å². The van der Waals surface area contributed by atoms with E-state index in [1.54, 1.807) is 18.2 Å². The number of amides is 2. The summed E-state index contributed by atoms with van der Waals surface area (Å²) in [5.41, 5.74) is 7.58. The molecule has 0 aromatic heterocycles. The number of hydrogen-bond donors (Lipinski definition) is 2. The molecule has 0 fully saturated rings. The molecule has 6 heteroatoms. The van der Waals surface area contributed by atoms with Crippen molar-refractivity contribution < 1.29 is 4.79 Å². The molecule has 14 heavy (non-hydrogen) atoms. The highest BCUT2D eigenvalue weighted by atomic mass is 79.9. The summed E-state index contributed by atoms with van der Waals surface area (Å²) < 4.78 is 0.877. The topological polar surface area (TPSA) is 67.5 Å². The number of rotatable bonds is 2. The molecule has 0 unspecified atom stereocenters. The zero-order chi connectivity index (χ0) is 10.6. The Labute approximate surface area is 94.2 Å². The Morgan fingerprint density at radius 1 is 1.64 bits per heavy atom. The van der Waals surface area contributed by atoms with Gasteiger partial charge in [-0.25, -0.2) is 10.2 Å². The van der Waals surface area contributed by atoms with Crippen LogP contribution in [0.25, 0.3) is 0 Å². The number of benzene rings is 1. The van der Waals surface area contributed by atoms with E-state index in [2.05, 4.69) is 26.5 Å². The molecule has 1 rings (SSSR count). The van der Waals surface area contributed by atoms with Crippen LogP contribution in [0.15, 0.2) is 27.8 Å². The van der Waals surface area contributed by atoms with Crippen molar-refractivity contribution in [1.29, 1.82) is 0 Å². The first kappa shape index (κ1) is 11.0.